The van der Waals surface area contributed by atoms with E-state index < -0.39 is 15.5 Å². The van der Waals surface area contributed by atoms with Gasteiger partial charge in [-0.05, 0) is 17.3 Å². The van der Waals surface area contributed by atoms with Gasteiger partial charge in [-0.3, -0.25) is 9.35 Å². The summed E-state index contributed by atoms with van der Waals surface area (Å²) in [5.74, 6) is -0.0957. The molecule has 4 nitrogen and oxygen atoms in total. The molecule has 0 aromatic carbocycles. The van der Waals surface area contributed by atoms with Gasteiger partial charge in [0.15, 0.2) is 0 Å². The predicted octanol–water partition coefficient (Wildman–Crippen LogP) is 2.69. The molecule has 0 spiro atoms. The fraction of sp³-hybridized carbons (Fsp3) is 0.917. The van der Waals surface area contributed by atoms with Gasteiger partial charge in [0.1, 0.15) is 5.78 Å². The molecule has 0 aromatic heterocycles. The van der Waals surface area contributed by atoms with Crippen LogP contribution in [0.25, 0.3) is 0 Å². The molecule has 0 saturated heterocycles. The Hall–Kier alpha value is -0.420. The smallest absolute Gasteiger partial charge is 0.265 e. The maximum atomic E-state index is 11.4. The highest BCUT2D eigenvalue weighted by Gasteiger charge is 2.33. The summed E-state index contributed by atoms with van der Waals surface area (Å²) in [6.07, 6.45) is 1.52. The van der Waals surface area contributed by atoms with E-state index in [-0.39, 0.29) is 17.0 Å². The number of hydrogen-bond donors (Lipinski definition) is 1. The zero-order valence-electron chi connectivity index (χ0n) is 11.4. The molecular formula is C12H24O4S. The molecule has 0 aliphatic heterocycles. The molecule has 0 unspecified atom stereocenters. The zero-order valence-corrected chi connectivity index (χ0v) is 12.2. The first kappa shape index (κ1) is 16.6. The quantitative estimate of drug-likeness (QED) is 0.718. The van der Waals surface area contributed by atoms with Crippen molar-refractivity contribution in [2.45, 2.75) is 53.9 Å². The Labute approximate surface area is 105 Å². The lowest BCUT2D eigenvalue weighted by molar-refractivity contribution is -0.120. The van der Waals surface area contributed by atoms with Crippen molar-refractivity contribution in [3.05, 3.63) is 0 Å². The predicted molar refractivity (Wildman–Crippen MR) is 68.5 cm³/mol. The van der Waals surface area contributed by atoms with Crippen LogP contribution in [-0.2, 0) is 14.9 Å². The Morgan fingerprint density at radius 2 is 1.59 bits per heavy atom. The van der Waals surface area contributed by atoms with Gasteiger partial charge in [0, 0.05) is 12.8 Å². The van der Waals surface area contributed by atoms with Crippen LogP contribution in [0.1, 0.15) is 53.9 Å². The second kappa shape index (κ2) is 5.48. The summed E-state index contributed by atoms with van der Waals surface area (Å²) in [5.41, 5.74) is -0.785. The van der Waals surface area contributed by atoms with Crippen LogP contribution in [0, 0.1) is 10.8 Å². The van der Waals surface area contributed by atoms with Crippen LogP contribution in [0.5, 0.6) is 0 Å². The van der Waals surface area contributed by atoms with Crippen LogP contribution in [0.4, 0.5) is 0 Å². The normalized spacial score (nSPS) is 13.8. The minimum atomic E-state index is -3.97. The highest BCUT2D eigenvalue weighted by atomic mass is 32.2. The minimum Gasteiger partial charge on any atom is -0.300 e. The average molecular weight is 264 g/mol. The molecule has 0 fully saturated rings. The molecule has 0 radical (unpaired) electrons. The van der Waals surface area contributed by atoms with Crippen LogP contribution < -0.4 is 0 Å². The number of hydrogen-bond acceptors (Lipinski definition) is 3. The Morgan fingerprint density at radius 3 is 1.94 bits per heavy atom. The summed E-state index contributed by atoms with van der Waals surface area (Å²) in [6, 6.07) is 0. The second-order valence-electron chi connectivity index (χ2n) is 6.30. The van der Waals surface area contributed by atoms with Crippen LogP contribution in [-0.4, -0.2) is 24.5 Å². The third kappa shape index (κ3) is 8.32. The number of carbonyl (C=O) groups is 1. The van der Waals surface area contributed by atoms with Crippen LogP contribution in [0.15, 0.2) is 0 Å². The molecule has 0 rings (SSSR count). The largest absolute Gasteiger partial charge is 0.300 e. The van der Waals surface area contributed by atoms with E-state index in [1.165, 1.54) is 0 Å². The van der Waals surface area contributed by atoms with Crippen molar-refractivity contribution in [1.82, 2.24) is 0 Å². The molecular weight excluding hydrogens is 240 g/mol. The van der Waals surface area contributed by atoms with Gasteiger partial charge in [-0.25, -0.2) is 0 Å². The van der Waals surface area contributed by atoms with E-state index in [0.29, 0.717) is 19.3 Å². The summed E-state index contributed by atoms with van der Waals surface area (Å²) >= 11 is 0. The van der Waals surface area contributed by atoms with Gasteiger partial charge in [-0.15, -0.1) is 0 Å². The number of Topliss-reactive ketones (excluding diaryl/α,β-unsaturated/α-hetero) is 1. The number of rotatable bonds is 7. The Morgan fingerprint density at radius 1 is 1.12 bits per heavy atom. The lowest BCUT2D eigenvalue weighted by atomic mass is 9.73. The molecule has 0 atom stereocenters. The van der Waals surface area contributed by atoms with Crippen LogP contribution in [0.2, 0.25) is 0 Å². The molecule has 0 aromatic rings. The van der Waals surface area contributed by atoms with E-state index in [2.05, 4.69) is 0 Å². The van der Waals surface area contributed by atoms with Crippen molar-refractivity contribution in [2.24, 2.45) is 10.8 Å². The Balaban J connectivity index is 4.64. The van der Waals surface area contributed by atoms with Crippen LogP contribution >= 0.6 is 0 Å². The molecule has 0 aliphatic rings. The van der Waals surface area contributed by atoms with Crippen molar-refractivity contribution >= 4 is 15.9 Å². The molecule has 102 valence electrons. The maximum Gasteiger partial charge on any atom is 0.265 e. The molecule has 0 bridgehead atoms. The van der Waals surface area contributed by atoms with E-state index in [1.54, 1.807) is 13.8 Å². The summed E-state index contributed by atoms with van der Waals surface area (Å²) < 4.78 is 30.7. The molecule has 0 amide bonds. The van der Waals surface area contributed by atoms with Crippen molar-refractivity contribution in [3.8, 4) is 0 Å². The summed E-state index contributed by atoms with van der Waals surface area (Å²) in [4.78, 5) is 11.4. The first-order valence-electron chi connectivity index (χ1n) is 5.84. The molecule has 0 aliphatic carbocycles. The zero-order chi connectivity index (χ0) is 13.9. The van der Waals surface area contributed by atoms with Crippen molar-refractivity contribution < 1.29 is 17.8 Å². The molecule has 0 heterocycles. The highest BCUT2D eigenvalue weighted by molar-refractivity contribution is 7.85. The number of carbonyl (C=O) groups excluding carboxylic acids is 1. The van der Waals surface area contributed by atoms with Gasteiger partial charge in [-0.1, -0.05) is 34.6 Å². The highest BCUT2D eigenvalue weighted by Crippen LogP contribution is 2.37. The summed E-state index contributed by atoms with van der Waals surface area (Å²) in [5, 5.41) is 0. The maximum absolute atomic E-state index is 11.4. The molecule has 0 saturated carbocycles. The van der Waals surface area contributed by atoms with Gasteiger partial charge in [-0.2, -0.15) is 8.42 Å². The average Bonchev–Trinajstić information content (AvgIpc) is 1.94. The third-order valence-corrected chi connectivity index (χ3v) is 3.75. The van der Waals surface area contributed by atoms with E-state index >= 15 is 0 Å². The lowest BCUT2D eigenvalue weighted by Crippen LogP contribution is -2.31. The van der Waals surface area contributed by atoms with E-state index in [4.69, 9.17) is 4.55 Å². The van der Waals surface area contributed by atoms with Crippen LogP contribution in [0.3, 0.4) is 0 Å². The van der Waals surface area contributed by atoms with E-state index in [9.17, 15) is 13.2 Å². The monoisotopic (exact) mass is 264 g/mol. The third-order valence-electron chi connectivity index (χ3n) is 2.60. The molecule has 5 heteroatoms. The standard InChI is InChI=1S/C12H24O4S/c1-6-10(13)7-11(2,3)8-12(4,5)9-17(14,15)16/h6-9H2,1-5H3,(H,14,15,16). The number of ketones is 1. The minimum absolute atomic E-state index is 0.178. The van der Waals surface area contributed by atoms with Crippen molar-refractivity contribution in [3.63, 3.8) is 0 Å². The first-order chi connectivity index (χ1) is 7.37. The topological polar surface area (TPSA) is 71.4 Å². The van der Waals surface area contributed by atoms with Crippen molar-refractivity contribution in [2.75, 3.05) is 5.75 Å². The summed E-state index contributed by atoms with van der Waals surface area (Å²) in [7, 11) is -3.97. The van der Waals surface area contributed by atoms with E-state index in [0.717, 1.165) is 0 Å². The summed E-state index contributed by atoms with van der Waals surface area (Å²) in [6.45, 7) is 9.30. The van der Waals surface area contributed by atoms with E-state index in [1.807, 2.05) is 20.8 Å². The Kier molecular flexibility index (Phi) is 5.35. The molecule has 1 N–H and O–H groups in total. The van der Waals surface area contributed by atoms with Gasteiger partial charge >= 0.3 is 0 Å². The van der Waals surface area contributed by atoms with Gasteiger partial charge in [0.05, 0.1) is 5.75 Å². The van der Waals surface area contributed by atoms with Gasteiger partial charge in [0.2, 0.25) is 0 Å². The second-order valence-corrected chi connectivity index (χ2v) is 7.75. The SMILES string of the molecule is CCC(=O)CC(C)(C)CC(C)(C)CS(=O)(=O)O. The fourth-order valence-corrected chi connectivity index (χ4v) is 3.65. The first-order valence-corrected chi connectivity index (χ1v) is 7.45. The van der Waals surface area contributed by atoms with Gasteiger partial charge < -0.3 is 0 Å². The van der Waals surface area contributed by atoms with Gasteiger partial charge in [0.25, 0.3) is 10.1 Å². The Bertz CT molecular complexity index is 366. The molecule has 17 heavy (non-hydrogen) atoms. The fourth-order valence-electron chi connectivity index (χ4n) is 2.56. The lowest BCUT2D eigenvalue weighted by Gasteiger charge is -2.33. The van der Waals surface area contributed by atoms with Crippen molar-refractivity contribution in [1.29, 1.82) is 0 Å².